The van der Waals surface area contributed by atoms with Gasteiger partial charge in [-0.25, -0.2) is 9.97 Å². The zero-order chi connectivity index (χ0) is 16.7. The van der Waals surface area contributed by atoms with Crippen LogP contribution in [0.25, 0.3) is 22.1 Å². The normalized spacial score (nSPS) is 20.0. The molecule has 2 atom stereocenters. The van der Waals surface area contributed by atoms with Crippen molar-refractivity contribution in [1.29, 1.82) is 5.26 Å². The number of aliphatic hydroxyl groups excluding tert-OH is 1. The Bertz CT molecular complexity index is 918. The summed E-state index contributed by atoms with van der Waals surface area (Å²) < 4.78 is 2.18. The summed E-state index contributed by atoms with van der Waals surface area (Å²) in [6, 6.07) is 4.47. The van der Waals surface area contributed by atoms with Crippen LogP contribution in [-0.2, 0) is 0 Å². The van der Waals surface area contributed by atoms with Gasteiger partial charge in [-0.05, 0) is 19.4 Å². The van der Waals surface area contributed by atoms with Crippen LogP contribution in [0.15, 0.2) is 18.5 Å². The van der Waals surface area contributed by atoms with Crippen LogP contribution >= 0.6 is 0 Å². The summed E-state index contributed by atoms with van der Waals surface area (Å²) in [5.41, 5.74) is 2.68. The molecule has 0 unspecified atom stereocenters. The molecule has 3 aromatic heterocycles. The van der Waals surface area contributed by atoms with Gasteiger partial charge in [-0.3, -0.25) is 0 Å². The number of rotatable bonds is 4. The Hall–Kier alpha value is -2.43. The average molecular weight is 324 g/mol. The molecule has 2 N–H and O–H groups in total. The molecule has 0 aliphatic carbocycles. The Kier molecular flexibility index (Phi) is 3.71. The number of fused-ring (bicyclic) bond motifs is 3. The van der Waals surface area contributed by atoms with Crippen molar-refractivity contribution in [3.05, 3.63) is 24.3 Å². The summed E-state index contributed by atoms with van der Waals surface area (Å²) in [6.07, 6.45) is 4.54. The van der Waals surface area contributed by atoms with E-state index in [1.54, 1.807) is 13.1 Å². The molecule has 4 heterocycles. The van der Waals surface area contributed by atoms with Crippen LogP contribution < -0.4 is 0 Å². The molecular weight excluding hydrogens is 304 g/mol. The minimum absolute atomic E-state index is 0.249. The van der Waals surface area contributed by atoms with Crippen molar-refractivity contribution in [3.8, 4) is 6.07 Å². The van der Waals surface area contributed by atoms with Gasteiger partial charge in [0.1, 0.15) is 23.1 Å². The third-order valence-corrected chi connectivity index (χ3v) is 4.79. The highest BCUT2D eigenvalue weighted by Crippen LogP contribution is 2.33. The maximum absolute atomic E-state index is 10.2. The van der Waals surface area contributed by atoms with E-state index in [1.165, 1.54) is 0 Å². The second kappa shape index (κ2) is 5.89. The van der Waals surface area contributed by atoms with Crippen LogP contribution in [0.2, 0.25) is 0 Å². The molecule has 7 nitrogen and oxygen atoms in total. The van der Waals surface area contributed by atoms with Crippen LogP contribution in [0.4, 0.5) is 0 Å². The van der Waals surface area contributed by atoms with Crippen molar-refractivity contribution < 1.29 is 5.11 Å². The standard InChI is InChI=1S/C17H20N6O/c1-11(24)17-21-14-9-20-16-13(3-6-19-16)15(14)23(17)12-4-8-22(10-12)7-2-5-18/h3,6,9,11-12,24H,2,4,7-8,10H2,1H3,(H,19,20)/t11-,12+/m1/s1. The van der Waals surface area contributed by atoms with Crippen LogP contribution in [0.1, 0.15) is 37.7 Å². The lowest BCUT2D eigenvalue weighted by molar-refractivity contribution is 0.181. The van der Waals surface area contributed by atoms with Crippen LogP contribution in [0.5, 0.6) is 0 Å². The van der Waals surface area contributed by atoms with E-state index in [0.717, 1.165) is 48.1 Å². The third kappa shape index (κ3) is 2.35. The minimum Gasteiger partial charge on any atom is -0.385 e. The Labute approximate surface area is 139 Å². The van der Waals surface area contributed by atoms with Gasteiger partial charge in [0, 0.05) is 43.7 Å². The highest BCUT2D eigenvalue weighted by Gasteiger charge is 2.29. The van der Waals surface area contributed by atoms with Gasteiger partial charge < -0.3 is 19.6 Å². The predicted molar refractivity (Wildman–Crippen MR) is 90.3 cm³/mol. The number of hydrogen-bond acceptors (Lipinski definition) is 5. The number of nitrogens with zero attached hydrogens (tertiary/aromatic N) is 5. The molecule has 0 amide bonds. The van der Waals surface area contributed by atoms with Crippen molar-refractivity contribution in [2.75, 3.05) is 19.6 Å². The molecular formula is C17H20N6O. The predicted octanol–water partition coefficient (Wildman–Crippen LogP) is 2.13. The summed E-state index contributed by atoms with van der Waals surface area (Å²) in [7, 11) is 0. The molecule has 1 fully saturated rings. The van der Waals surface area contributed by atoms with Crippen LogP contribution in [-0.4, -0.2) is 49.2 Å². The van der Waals surface area contributed by atoms with Gasteiger partial charge in [-0.1, -0.05) is 0 Å². The van der Waals surface area contributed by atoms with Crippen molar-refractivity contribution in [3.63, 3.8) is 0 Å². The Balaban J connectivity index is 1.82. The number of pyridine rings is 1. The Morgan fingerprint density at radius 1 is 1.54 bits per heavy atom. The number of H-pyrrole nitrogens is 1. The fraction of sp³-hybridized carbons (Fsp3) is 0.471. The topological polar surface area (TPSA) is 93.8 Å². The lowest BCUT2D eigenvalue weighted by Crippen LogP contribution is -2.23. The molecule has 7 heteroatoms. The van der Waals surface area contributed by atoms with Gasteiger partial charge in [0.2, 0.25) is 0 Å². The van der Waals surface area contributed by atoms with E-state index in [4.69, 9.17) is 5.26 Å². The zero-order valence-electron chi connectivity index (χ0n) is 13.6. The van der Waals surface area contributed by atoms with Gasteiger partial charge in [-0.2, -0.15) is 5.26 Å². The zero-order valence-corrected chi connectivity index (χ0v) is 13.6. The largest absolute Gasteiger partial charge is 0.385 e. The summed E-state index contributed by atoms with van der Waals surface area (Å²) in [4.78, 5) is 14.5. The van der Waals surface area contributed by atoms with E-state index < -0.39 is 6.10 Å². The number of aromatic nitrogens is 4. The highest BCUT2D eigenvalue weighted by atomic mass is 16.3. The number of likely N-dealkylation sites (tertiary alicyclic amines) is 1. The first-order chi connectivity index (χ1) is 11.7. The maximum atomic E-state index is 10.2. The molecule has 24 heavy (non-hydrogen) atoms. The molecule has 0 saturated carbocycles. The first-order valence-electron chi connectivity index (χ1n) is 8.30. The lowest BCUT2D eigenvalue weighted by Gasteiger charge is -2.19. The summed E-state index contributed by atoms with van der Waals surface area (Å²) >= 11 is 0. The number of aromatic amines is 1. The van der Waals surface area contributed by atoms with Gasteiger partial charge >= 0.3 is 0 Å². The van der Waals surface area contributed by atoms with Gasteiger partial charge in [-0.15, -0.1) is 0 Å². The molecule has 1 saturated heterocycles. The van der Waals surface area contributed by atoms with E-state index in [1.807, 2.05) is 12.3 Å². The van der Waals surface area contributed by atoms with Gasteiger partial charge in [0.25, 0.3) is 0 Å². The molecule has 0 radical (unpaired) electrons. The number of hydrogen-bond donors (Lipinski definition) is 2. The molecule has 0 spiro atoms. The lowest BCUT2D eigenvalue weighted by atomic mass is 10.2. The van der Waals surface area contributed by atoms with Crippen LogP contribution in [0, 0.1) is 11.3 Å². The molecule has 4 rings (SSSR count). The van der Waals surface area contributed by atoms with E-state index in [0.29, 0.717) is 12.2 Å². The average Bonchev–Trinajstić information content (AvgIpc) is 3.28. The third-order valence-electron chi connectivity index (χ3n) is 4.79. The molecule has 1 aliphatic rings. The fourth-order valence-electron chi connectivity index (χ4n) is 3.71. The summed E-state index contributed by atoms with van der Waals surface area (Å²) in [5.74, 6) is 0.688. The van der Waals surface area contributed by atoms with Gasteiger partial charge in [0.05, 0.1) is 17.8 Å². The van der Waals surface area contributed by atoms with E-state index in [9.17, 15) is 5.11 Å². The number of imidazole rings is 1. The van der Waals surface area contributed by atoms with Crippen molar-refractivity contribution in [2.45, 2.75) is 31.9 Å². The summed E-state index contributed by atoms with van der Waals surface area (Å²) in [6.45, 7) is 4.39. The number of aliphatic hydroxyl groups is 1. The second-order valence-electron chi connectivity index (χ2n) is 6.40. The Morgan fingerprint density at radius 3 is 3.21 bits per heavy atom. The maximum Gasteiger partial charge on any atom is 0.139 e. The van der Waals surface area contributed by atoms with E-state index >= 15 is 0 Å². The van der Waals surface area contributed by atoms with Crippen molar-refractivity contribution >= 4 is 22.1 Å². The Morgan fingerprint density at radius 2 is 2.42 bits per heavy atom. The first kappa shape index (κ1) is 15.1. The quantitative estimate of drug-likeness (QED) is 0.767. The van der Waals surface area contributed by atoms with Crippen LogP contribution in [0.3, 0.4) is 0 Å². The first-order valence-corrected chi connectivity index (χ1v) is 8.30. The second-order valence-corrected chi connectivity index (χ2v) is 6.40. The van der Waals surface area contributed by atoms with Gasteiger partial charge in [0.15, 0.2) is 0 Å². The number of nitriles is 1. The van der Waals surface area contributed by atoms with Crippen molar-refractivity contribution in [1.82, 2.24) is 24.4 Å². The monoisotopic (exact) mass is 324 g/mol. The highest BCUT2D eigenvalue weighted by molar-refractivity contribution is 6.01. The molecule has 1 aliphatic heterocycles. The number of nitrogens with one attached hydrogen (secondary N) is 1. The molecule has 0 bridgehead atoms. The smallest absolute Gasteiger partial charge is 0.139 e. The molecule has 0 aromatic carbocycles. The van der Waals surface area contributed by atoms with E-state index in [2.05, 4.69) is 30.5 Å². The van der Waals surface area contributed by atoms with Crippen molar-refractivity contribution in [2.24, 2.45) is 0 Å². The summed E-state index contributed by atoms with van der Waals surface area (Å²) in [5, 5.41) is 20.1. The molecule has 3 aromatic rings. The SMILES string of the molecule is C[C@@H](O)c1nc2cnc3[nH]ccc3c2n1[C@H]1CCN(CCC#N)C1. The minimum atomic E-state index is -0.639. The fourth-order valence-corrected chi connectivity index (χ4v) is 3.71. The molecule has 124 valence electrons. The van der Waals surface area contributed by atoms with E-state index in [-0.39, 0.29) is 6.04 Å².